The highest BCUT2D eigenvalue weighted by Gasteiger charge is 2.10. The Labute approximate surface area is 124 Å². The molecule has 0 fully saturated rings. The van der Waals surface area contributed by atoms with Gasteiger partial charge in [-0.2, -0.15) is 0 Å². The van der Waals surface area contributed by atoms with Crippen LogP contribution in [-0.2, 0) is 19.8 Å². The first-order valence-electron chi connectivity index (χ1n) is 6.95. The standard InChI is InChI=1S/C17H20O4/c1-2-20-16-5-3-4-15(11-19)17(16)21-12-14-8-6-13(10-18)7-9-14/h3-9,18-19H,2,10-12H2,1H3. The Morgan fingerprint density at radius 2 is 1.57 bits per heavy atom. The van der Waals surface area contributed by atoms with E-state index in [1.54, 1.807) is 0 Å². The predicted octanol–water partition coefficient (Wildman–Crippen LogP) is 2.65. The quantitative estimate of drug-likeness (QED) is 0.822. The largest absolute Gasteiger partial charge is 0.490 e. The van der Waals surface area contributed by atoms with Crippen LogP contribution in [0.25, 0.3) is 0 Å². The molecule has 0 atom stereocenters. The van der Waals surface area contributed by atoms with E-state index in [-0.39, 0.29) is 13.2 Å². The van der Waals surface area contributed by atoms with E-state index in [1.807, 2.05) is 49.4 Å². The van der Waals surface area contributed by atoms with Gasteiger partial charge in [0.05, 0.1) is 19.8 Å². The second-order valence-corrected chi connectivity index (χ2v) is 4.60. The minimum Gasteiger partial charge on any atom is -0.490 e. The molecular formula is C17H20O4. The molecule has 0 aromatic heterocycles. The van der Waals surface area contributed by atoms with E-state index < -0.39 is 0 Å². The zero-order valence-electron chi connectivity index (χ0n) is 12.1. The number of aliphatic hydroxyl groups excluding tert-OH is 2. The first-order chi connectivity index (χ1) is 10.3. The van der Waals surface area contributed by atoms with Gasteiger partial charge in [-0.05, 0) is 24.1 Å². The monoisotopic (exact) mass is 288 g/mol. The van der Waals surface area contributed by atoms with Crippen LogP contribution in [0.3, 0.4) is 0 Å². The molecule has 0 amide bonds. The highest BCUT2D eigenvalue weighted by Crippen LogP contribution is 2.32. The minimum absolute atomic E-state index is 0.0307. The summed E-state index contributed by atoms with van der Waals surface area (Å²) < 4.78 is 11.4. The lowest BCUT2D eigenvalue weighted by Crippen LogP contribution is -2.02. The average molecular weight is 288 g/mol. The van der Waals surface area contributed by atoms with E-state index in [1.165, 1.54) is 0 Å². The Hall–Kier alpha value is -2.04. The summed E-state index contributed by atoms with van der Waals surface area (Å²) >= 11 is 0. The number of hydrogen-bond acceptors (Lipinski definition) is 4. The molecule has 2 N–H and O–H groups in total. The van der Waals surface area contributed by atoms with Gasteiger partial charge in [-0.15, -0.1) is 0 Å². The third-order valence-electron chi connectivity index (χ3n) is 3.12. The second-order valence-electron chi connectivity index (χ2n) is 4.60. The van der Waals surface area contributed by atoms with Gasteiger partial charge in [-0.25, -0.2) is 0 Å². The molecule has 0 unspecified atom stereocenters. The van der Waals surface area contributed by atoms with Crippen molar-refractivity contribution in [1.29, 1.82) is 0 Å². The molecule has 0 heterocycles. The van der Waals surface area contributed by atoms with Gasteiger partial charge in [0.1, 0.15) is 6.61 Å². The number of aliphatic hydroxyl groups is 2. The molecule has 0 spiro atoms. The zero-order valence-corrected chi connectivity index (χ0v) is 12.1. The lowest BCUT2D eigenvalue weighted by molar-refractivity contribution is 0.243. The van der Waals surface area contributed by atoms with Gasteiger partial charge in [-0.3, -0.25) is 0 Å². The van der Waals surface area contributed by atoms with Crippen LogP contribution in [0.5, 0.6) is 11.5 Å². The molecule has 0 bridgehead atoms. The van der Waals surface area contributed by atoms with Crippen LogP contribution in [0, 0.1) is 0 Å². The molecule has 2 aromatic carbocycles. The smallest absolute Gasteiger partial charge is 0.167 e. The summed E-state index contributed by atoms with van der Waals surface area (Å²) in [6, 6.07) is 13.0. The molecule has 4 nitrogen and oxygen atoms in total. The van der Waals surface area contributed by atoms with Gasteiger partial charge < -0.3 is 19.7 Å². The van der Waals surface area contributed by atoms with Crippen molar-refractivity contribution in [2.24, 2.45) is 0 Å². The molecule has 0 aliphatic heterocycles. The van der Waals surface area contributed by atoms with Crippen molar-refractivity contribution in [3.63, 3.8) is 0 Å². The molecule has 0 aliphatic carbocycles. The topological polar surface area (TPSA) is 58.9 Å². The SMILES string of the molecule is CCOc1cccc(CO)c1OCc1ccc(CO)cc1. The summed E-state index contributed by atoms with van der Waals surface area (Å²) in [5, 5.41) is 18.4. The van der Waals surface area contributed by atoms with Crippen LogP contribution in [0.4, 0.5) is 0 Å². The number of rotatable bonds is 7. The third-order valence-corrected chi connectivity index (χ3v) is 3.12. The number of benzene rings is 2. The average Bonchev–Trinajstić information content (AvgIpc) is 2.54. The van der Waals surface area contributed by atoms with Crippen molar-refractivity contribution >= 4 is 0 Å². The maximum absolute atomic E-state index is 9.41. The normalized spacial score (nSPS) is 10.4. The molecule has 0 aliphatic rings. The predicted molar refractivity (Wildman–Crippen MR) is 80.2 cm³/mol. The Morgan fingerprint density at radius 1 is 0.857 bits per heavy atom. The summed E-state index contributed by atoms with van der Waals surface area (Å²) in [6.07, 6.45) is 0. The molecule has 4 heteroatoms. The van der Waals surface area contributed by atoms with Crippen molar-refractivity contribution in [2.45, 2.75) is 26.7 Å². The van der Waals surface area contributed by atoms with Crippen LogP contribution < -0.4 is 9.47 Å². The number of ether oxygens (including phenoxy) is 2. The summed E-state index contributed by atoms with van der Waals surface area (Å²) in [4.78, 5) is 0. The Morgan fingerprint density at radius 3 is 2.19 bits per heavy atom. The Bertz CT molecular complexity index is 564. The highest BCUT2D eigenvalue weighted by atomic mass is 16.5. The van der Waals surface area contributed by atoms with Crippen LogP contribution in [0.2, 0.25) is 0 Å². The first kappa shape index (κ1) is 15.4. The minimum atomic E-state index is -0.0975. The van der Waals surface area contributed by atoms with Crippen LogP contribution >= 0.6 is 0 Å². The van der Waals surface area contributed by atoms with E-state index >= 15 is 0 Å². The van der Waals surface area contributed by atoms with Crippen molar-refractivity contribution in [2.75, 3.05) is 6.61 Å². The zero-order chi connectivity index (χ0) is 15.1. The van der Waals surface area contributed by atoms with Gasteiger partial charge in [-0.1, -0.05) is 36.4 Å². The van der Waals surface area contributed by atoms with E-state index in [9.17, 15) is 5.11 Å². The lowest BCUT2D eigenvalue weighted by Gasteiger charge is -2.15. The second kappa shape index (κ2) is 7.67. The molecule has 0 saturated carbocycles. The Balaban J connectivity index is 2.13. The van der Waals surface area contributed by atoms with Gasteiger partial charge in [0.2, 0.25) is 0 Å². The fourth-order valence-corrected chi connectivity index (χ4v) is 2.02. The molecule has 21 heavy (non-hydrogen) atoms. The van der Waals surface area contributed by atoms with Gasteiger partial charge in [0.25, 0.3) is 0 Å². The fourth-order valence-electron chi connectivity index (χ4n) is 2.02. The molecule has 112 valence electrons. The van der Waals surface area contributed by atoms with Gasteiger partial charge >= 0.3 is 0 Å². The number of para-hydroxylation sites is 1. The highest BCUT2D eigenvalue weighted by molar-refractivity contribution is 5.46. The van der Waals surface area contributed by atoms with E-state index in [0.717, 1.165) is 11.1 Å². The molecule has 0 radical (unpaired) electrons. The summed E-state index contributed by atoms with van der Waals surface area (Å²) in [7, 11) is 0. The number of hydrogen-bond donors (Lipinski definition) is 2. The van der Waals surface area contributed by atoms with Crippen molar-refractivity contribution in [1.82, 2.24) is 0 Å². The molecule has 2 aromatic rings. The van der Waals surface area contributed by atoms with Gasteiger partial charge in [0, 0.05) is 5.56 Å². The van der Waals surface area contributed by atoms with Crippen LogP contribution in [-0.4, -0.2) is 16.8 Å². The van der Waals surface area contributed by atoms with Crippen LogP contribution in [0.1, 0.15) is 23.6 Å². The van der Waals surface area contributed by atoms with Crippen LogP contribution in [0.15, 0.2) is 42.5 Å². The van der Waals surface area contributed by atoms with Gasteiger partial charge in [0.15, 0.2) is 11.5 Å². The van der Waals surface area contributed by atoms with Crippen molar-refractivity contribution in [3.8, 4) is 11.5 Å². The lowest BCUT2D eigenvalue weighted by atomic mass is 10.1. The molecule has 2 rings (SSSR count). The molecule has 0 saturated heterocycles. The maximum Gasteiger partial charge on any atom is 0.167 e. The summed E-state index contributed by atoms with van der Waals surface area (Å²) in [5.74, 6) is 1.21. The third kappa shape index (κ3) is 3.97. The maximum atomic E-state index is 9.41. The Kier molecular flexibility index (Phi) is 5.60. The van der Waals surface area contributed by atoms with E-state index in [0.29, 0.717) is 30.3 Å². The first-order valence-corrected chi connectivity index (χ1v) is 6.95. The van der Waals surface area contributed by atoms with Crippen molar-refractivity contribution in [3.05, 3.63) is 59.2 Å². The summed E-state index contributed by atoms with van der Waals surface area (Å²) in [5.41, 5.74) is 2.56. The summed E-state index contributed by atoms with van der Waals surface area (Å²) in [6.45, 7) is 2.75. The van der Waals surface area contributed by atoms with Crippen molar-refractivity contribution < 1.29 is 19.7 Å². The molecular weight excluding hydrogens is 268 g/mol. The fraction of sp³-hybridized carbons (Fsp3) is 0.294. The van der Waals surface area contributed by atoms with E-state index in [2.05, 4.69) is 0 Å². The van der Waals surface area contributed by atoms with E-state index in [4.69, 9.17) is 14.6 Å².